The van der Waals surface area contributed by atoms with E-state index in [0.29, 0.717) is 148 Å². The van der Waals surface area contributed by atoms with Gasteiger partial charge < -0.3 is 19.6 Å². The second kappa shape index (κ2) is 35.5. The van der Waals surface area contributed by atoms with E-state index in [0.717, 1.165) is 234 Å². The van der Waals surface area contributed by atoms with Gasteiger partial charge in [0.15, 0.2) is 45.2 Å². The minimum Gasteiger partial charge on any atom is -0.306 e. The van der Waals surface area contributed by atoms with Crippen molar-refractivity contribution in [2.24, 2.45) is 0 Å². The highest BCUT2D eigenvalue weighted by atomic mass is 15.2. The van der Waals surface area contributed by atoms with E-state index >= 15 is 0 Å². The molecule has 20 rings (SSSR count). The van der Waals surface area contributed by atoms with Gasteiger partial charge in [-0.25, -0.2) is 79.7 Å². The largest absolute Gasteiger partial charge is 0.306 e. The summed E-state index contributed by atoms with van der Waals surface area (Å²) in [6.45, 7) is 36.3. The molecule has 0 saturated heterocycles. The first-order chi connectivity index (χ1) is 64.8. The summed E-state index contributed by atoms with van der Waals surface area (Å²) in [6, 6.07) is 49.1. The highest BCUT2D eigenvalue weighted by Crippen LogP contribution is 2.61. The summed E-state index contributed by atoms with van der Waals surface area (Å²) in [4.78, 5) is 98.0. The Morgan fingerprint density at radius 1 is 0.167 bits per heavy atom. The van der Waals surface area contributed by atoms with Crippen LogP contribution in [0.25, 0.3) is 121 Å². The molecule has 0 aliphatic heterocycles. The van der Waals surface area contributed by atoms with Gasteiger partial charge in [0.2, 0.25) is 0 Å². The van der Waals surface area contributed by atoms with Crippen LogP contribution in [0.2, 0.25) is 0 Å². The third-order valence-electron chi connectivity index (χ3n) is 27.4. The van der Waals surface area contributed by atoms with Gasteiger partial charge in [0.05, 0.1) is 114 Å². The molecule has 20 heteroatoms. The number of hydrogen-bond donors (Lipinski definition) is 0. The first-order valence-corrected chi connectivity index (χ1v) is 48.0. The van der Waals surface area contributed by atoms with E-state index in [1.54, 1.807) is 0 Å². The van der Waals surface area contributed by atoms with Crippen LogP contribution in [-0.4, -0.2) is 79.7 Å². The van der Waals surface area contributed by atoms with E-state index in [1.807, 2.05) is 49.6 Å². The molecule has 16 aromatic heterocycles. The van der Waals surface area contributed by atoms with Gasteiger partial charge in [0.1, 0.15) is 0 Å². The van der Waals surface area contributed by atoms with E-state index < -0.39 is 0 Å². The lowest BCUT2D eigenvalue weighted by Gasteiger charge is -2.39. The molecular weight excluding hydrogens is 1630 g/mol. The Morgan fingerprint density at radius 3 is 0.424 bits per heavy atom. The monoisotopic (exact) mass is 1730 g/mol. The van der Waals surface area contributed by atoms with Crippen LogP contribution in [0.15, 0.2) is 183 Å². The van der Waals surface area contributed by atoms with Crippen LogP contribution < -0.4 is 19.6 Å². The summed E-state index contributed by atoms with van der Waals surface area (Å²) in [6.07, 6.45) is 24.7. The average Bonchev–Trinajstić information content (AvgIpc) is 0.685. The molecule has 0 aliphatic carbocycles. The summed E-state index contributed by atoms with van der Waals surface area (Å²) in [5.74, 6) is 0. The number of pyridine rings is 16. The van der Waals surface area contributed by atoms with Crippen LogP contribution in [0.5, 0.6) is 0 Å². The predicted molar refractivity (Wildman–Crippen MR) is 544 cm³/mol. The van der Waals surface area contributed by atoms with E-state index in [4.69, 9.17) is 79.7 Å². The minimum atomic E-state index is 0.573. The normalized spacial score (nSPS) is 12.0. The third-order valence-corrected chi connectivity index (χ3v) is 27.4. The number of fused-ring (bicyclic) bond motifs is 8. The van der Waals surface area contributed by atoms with E-state index in [9.17, 15) is 0 Å². The Balaban J connectivity index is 1.12. The second-order valence-electron chi connectivity index (χ2n) is 34.0. The number of anilines is 12. The van der Waals surface area contributed by atoms with Crippen molar-refractivity contribution in [1.82, 2.24) is 79.7 Å². The maximum atomic E-state index is 5.80. The zero-order valence-electron chi connectivity index (χ0n) is 78.6. The van der Waals surface area contributed by atoms with Crippen LogP contribution in [0.1, 0.15) is 201 Å². The van der Waals surface area contributed by atoms with Gasteiger partial charge in [-0.2, -0.15) is 0 Å². The Hall–Kier alpha value is -14.4. The van der Waals surface area contributed by atoms with Crippen molar-refractivity contribution in [2.45, 2.75) is 214 Å². The third kappa shape index (κ3) is 13.5. The Bertz CT molecular complexity index is 6700. The molecule has 0 N–H and O–H groups in total. The molecule has 132 heavy (non-hydrogen) atoms. The van der Waals surface area contributed by atoms with Gasteiger partial charge in [-0.1, -0.05) is 135 Å². The van der Waals surface area contributed by atoms with Gasteiger partial charge in [-0.15, -0.1) is 0 Å². The predicted octanol–water partition coefficient (Wildman–Crippen LogP) is 27.0. The molecule has 0 radical (unpaired) electrons. The number of nitrogens with zero attached hydrogens (tertiary/aromatic N) is 20. The standard InChI is InChI=1S/C112H110N20/c1-17-63-71-41-33-53-113-105(71)121-83(25-9)97(63)129(98-64(18-2)72-42-34-54-114-106(72)122-84(98)26-10)91-61-92(130(99-65(19-3)73-43-35-55-115-107(73)123-85(99)27-11)100-66(20-4)74-44-36-56-116-108(74)124-86(100)28-12)80-51-52-82-94(132(103-69(23-7)77-47-39-59-119-111(77)127-89(103)31-15)104-70(24-8)78-48-40-60-120-112(78)128-90(104)32-16)62-93(81-50-49-79(91)95(80)96(81)82)131(101-67(21-5)75-45-37-57-117-109(75)125-87(101)29-13)102-68(22-6)76-46-38-58-118-110(76)126-88(102)30-14/h33-62H,17-32H2,1-16H3. The van der Waals surface area contributed by atoms with Gasteiger partial charge in [0, 0.05) is 125 Å². The average molecular weight is 1740 g/mol. The van der Waals surface area contributed by atoms with Crippen molar-refractivity contribution in [2.75, 3.05) is 19.6 Å². The maximum absolute atomic E-state index is 5.80. The summed E-state index contributed by atoms with van der Waals surface area (Å²) < 4.78 is 0. The SMILES string of the molecule is CCc1nc2ncccc2c(CC)c1N(c1c(CC)nc2ncccc2c1CC)c1cc(N(c2c(CC)nc3ncccc3c2CC)c2c(CC)nc3ncccc3c2CC)c2ccc3c(N(c4c(CC)nc5ncccc5c4CC)c4c(CC)nc5ncccc5c4CC)cc(N(c4c(CC)nc5ncccc5c4CC)c4c(CC)nc5ncccc5c4CC)c4ccc1c2c43. The molecule has 658 valence electrons. The van der Waals surface area contributed by atoms with Gasteiger partial charge in [0.25, 0.3) is 0 Å². The molecular formula is C112H110N20. The molecule has 0 aliphatic rings. The van der Waals surface area contributed by atoms with Crippen molar-refractivity contribution in [1.29, 1.82) is 0 Å². The molecule has 20 nitrogen and oxygen atoms in total. The van der Waals surface area contributed by atoms with Crippen LogP contribution in [0.3, 0.4) is 0 Å². The number of benzene rings is 4. The van der Waals surface area contributed by atoms with Crippen molar-refractivity contribution in [3.05, 3.63) is 273 Å². The summed E-state index contributed by atoms with van der Waals surface area (Å²) in [5, 5.41) is 13.8. The second-order valence-corrected chi connectivity index (χ2v) is 34.0. The molecule has 0 unspecified atom stereocenters. The molecule has 0 atom stereocenters. The van der Waals surface area contributed by atoms with Gasteiger partial charge >= 0.3 is 0 Å². The van der Waals surface area contributed by atoms with Crippen molar-refractivity contribution >= 4 is 189 Å². The summed E-state index contributed by atoms with van der Waals surface area (Å²) >= 11 is 0. The van der Waals surface area contributed by atoms with Crippen molar-refractivity contribution in [3.63, 3.8) is 0 Å². The highest BCUT2D eigenvalue weighted by Gasteiger charge is 2.40. The fourth-order valence-electron chi connectivity index (χ4n) is 21.7. The molecule has 0 saturated carbocycles. The number of aromatic nitrogens is 16. The molecule has 0 amide bonds. The molecule has 0 spiro atoms. The number of rotatable bonds is 28. The van der Waals surface area contributed by atoms with Gasteiger partial charge in [-0.3, -0.25) is 0 Å². The van der Waals surface area contributed by atoms with E-state index in [1.165, 1.54) is 0 Å². The zero-order valence-corrected chi connectivity index (χ0v) is 78.6. The molecule has 16 heterocycles. The van der Waals surface area contributed by atoms with Crippen molar-refractivity contribution < 1.29 is 0 Å². The van der Waals surface area contributed by atoms with Crippen LogP contribution >= 0.6 is 0 Å². The fraction of sp³-hybridized carbons (Fsp3) is 0.286. The molecule has 0 fully saturated rings. The van der Waals surface area contributed by atoms with E-state index in [-0.39, 0.29) is 0 Å². The number of hydrogen-bond acceptors (Lipinski definition) is 20. The van der Waals surface area contributed by atoms with Crippen LogP contribution in [0, 0.1) is 0 Å². The summed E-state index contributed by atoms with van der Waals surface area (Å²) in [7, 11) is 0. The maximum Gasteiger partial charge on any atom is 0.159 e. The van der Waals surface area contributed by atoms with Crippen molar-refractivity contribution in [3.8, 4) is 0 Å². The van der Waals surface area contributed by atoms with E-state index in [2.05, 4.69) is 264 Å². The first kappa shape index (κ1) is 85.7. The quantitative estimate of drug-likeness (QED) is 0.0416. The van der Waals surface area contributed by atoms with Crippen LogP contribution in [-0.2, 0) is 103 Å². The lowest BCUT2D eigenvalue weighted by molar-refractivity contribution is 0.971. The summed E-state index contributed by atoms with van der Waals surface area (Å²) in [5.41, 5.74) is 33.3. The molecule has 20 aromatic rings. The van der Waals surface area contributed by atoms with Crippen LogP contribution in [0.4, 0.5) is 68.2 Å². The van der Waals surface area contributed by atoms with Gasteiger partial charge in [-0.05, 0) is 256 Å². The minimum absolute atomic E-state index is 0.573. The lowest BCUT2D eigenvalue weighted by atomic mass is 9.87. The molecule has 0 bridgehead atoms. The smallest absolute Gasteiger partial charge is 0.159 e. The highest BCUT2D eigenvalue weighted by molar-refractivity contribution is 6.34. The fourth-order valence-corrected chi connectivity index (χ4v) is 21.7. The zero-order chi connectivity index (χ0) is 91.0. The Kier molecular flexibility index (Phi) is 23.0. The first-order valence-electron chi connectivity index (χ1n) is 48.0. The Labute approximate surface area is 770 Å². The topological polar surface area (TPSA) is 219 Å². The number of aryl methyl sites for hydroxylation is 16. The lowest BCUT2D eigenvalue weighted by Crippen LogP contribution is -2.23. The molecule has 4 aromatic carbocycles. The Morgan fingerprint density at radius 2 is 0.303 bits per heavy atom.